The summed E-state index contributed by atoms with van der Waals surface area (Å²) in [5.74, 6) is -7.14. The number of halogens is 8. The Bertz CT molecular complexity index is 2620. The maximum atomic E-state index is 15.2. The lowest BCUT2D eigenvalue weighted by Gasteiger charge is -2.49. The second-order valence-corrected chi connectivity index (χ2v) is 14.2. The van der Waals surface area contributed by atoms with Crippen LogP contribution in [0.1, 0.15) is 35.1 Å². The van der Waals surface area contributed by atoms with E-state index in [1.165, 1.54) is 42.5 Å². The first kappa shape index (κ1) is 37.9. The molecule has 2 aromatic heterocycles. The maximum absolute atomic E-state index is 15.2. The van der Waals surface area contributed by atoms with Gasteiger partial charge in [-0.1, -0.05) is 59.6 Å². The minimum atomic E-state index is -5.19. The predicted octanol–water partition coefficient (Wildman–Crippen LogP) is 6.74. The molecule has 0 bridgehead atoms. The molecule has 1 aliphatic carbocycles. The molecule has 2 aliphatic heterocycles. The van der Waals surface area contributed by atoms with Crippen LogP contribution in [-0.2, 0) is 27.7 Å². The summed E-state index contributed by atoms with van der Waals surface area (Å²) in [5, 5.41) is 11.5. The lowest BCUT2D eigenvalue weighted by molar-refractivity contribution is -0.274. The van der Waals surface area contributed by atoms with Crippen molar-refractivity contribution >= 4 is 40.8 Å². The predicted molar refractivity (Wildman–Crippen MR) is 190 cm³/mol. The number of phenols is 1. The molecule has 4 heterocycles. The number of nitrogens with zero attached hydrogens (tertiary/aromatic N) is 5. The van der Waals surface area contributed by atoms with Gasteiger partial charge in [0.05, 0.1) is 40.2 Å². The molecule has 294 valence electrons. The summed E-state index contributed by atoms with van der Waals surface area (Å²) >= 11 is 12.4. The number of rotatable bonds is 6. The number of carbonyl (C=O) groups excluding carboxylic acids is 2. The van der Waals surface area contributed by atoms with Gasteiger partial charge < -0.3 is 9.84 Å². The van der Waals surface area contributed by atoms with E-state index in [9.17, 15) is 45.8 Å². The third-order valence-corrected chi connectivity index (χ3v) is 10.9. The highest BCUT2D eigenvalue weighted by atomic mass is 35.5. The van der Waals surface area contributed by atoms with E-state index >= 15 is 4.79 Å². The van der Waals surface area contributed by atoms with E-state index in [0.29, 0.717) is 17.3 Å². The van der Waals surface area contributed by atoms with Crippen LogP contribution in [0.25, 0.3) is 5.69 Å². The molecular weight excluding hydrogens is 809 g/mol. The van der Waals surface area contributed by atoms with Gasteiger partial charge in [0.25, 0.3) is 11.8 Å². The van der Waals surface area contributed by atoms with Gasteiger partial charge in [0.15, 0.2) is 5.82 Å². The summed E-state index contributed by atoms with van der Waals surface area (Å²) in [6.07, 6.45) is -8.49. The standard InChI is InChI=1S/C37H24Cl2F6N6O6/c38-20-8-6-18(7-9-20)35-25(31(53)50(32(35)54)47-30-26(39)14-19(17-46-30)36(40,41)42)16-27-23(29(35)24-15-22(10-11-28(24)52)57-37(43,44)45)12-13-48-33(55)49(34(56)51(27)48)21-4-2-1-3-5-21/h1-12,14-15,17,25,27,29,52H,13,16H2,(H,46,47)/t25-,27+,29+,35+/m0/s1. The fraction of sp³-hybridized carbons (Fsp3) is 0.216. The van der Waals surface area contributed by atoms with Crippen LogP contribution >= 0.6 is 23.2 Å². The fourth-order valence-electron chi connectivity index (χ4n) is 8.15. The Kier molecular flexibility index (Phi) is 8.84. The van der Waals surface area contributed by atoms with Crippen LogP contribution in [0, 0.1) is 5.92 Å². The number of hydrazine groups is 1. The van der Waals surface area contributed by atoms with E-state index in [4.69, 9.17) is 23.2 Å². The second kappa shape index (κ2) is 13.3. The molecule has 20 heteroatoms. The fourth-order valence-corrected chi connectivity index (χ4v) is 8.48. The SMILES string of the molecule is O=C1[C@@H]2C[C@@H]3C(=CCn4c(=O)n(-c5ccccc5)c(=O)n43)[C@H](c3cc(OC(F)(F)F)ccc3O)[C@]2(c2ccc(Cl)cc2)C(=O)N1Nc1ncc(C(F)(F)F)cc1Cl. The molecule has 5 aromatic rings. The number of fused-ring (bicyclic) bond motifs is 4. The summed E-state index contributed by atoms with van der Waals surface area (Å²) < 4.78 is 88.5. The van der Waals surface area contributed by atoms with Crippen LogP contribution in [0.2, 0.25) is 10.0 Å². The molecule has 3 aromatic carbocycles. The number of phenolic OH excluding ortho intramolecular Hbond substituents is 1. The van der Waals surface area contributed by atoms with Crippen molar-refractivity contribution in [2.45, 2.75) is 42.9 Å². The molecule has 2 fully saturated rings. The number of benzene rings is 3. The number of aromatic nitrogens is 4. The Balaban J connectivity index is 1.38. The van der Waals surface area contributed by atoms with Gasteiger partial charge in [0.1, 0.15) is 11.5 Å². The van der Waals surface area contributed by atoms with Crippen molar-refractivity contribution in [1.29, 1.82) is 0 Å². The topological polar surface area (TPSA) is 141 Å². The number of carbonyl (C=O) groups is 2. The number of pyridine rings is 1. The van der Waals surface area contributed by atoms with Crippen molar-refractivity contribution in [1.82, 2.24) is 23.9 Å². The van der Waals surface area contributed by atoms with Gasteiger partial charge in [0.2, 0.25) is 0 Å². The van der Waals surface area contributed by atoms with Crippen molar-refractivity contribution in [3.8, 4) is 17.2 Å². The van der Waals surface area contributed by atoms with Gasteiger partial charge in [-0.25, -0.2) is 28.5 Å². The molecule has 1 saturated carbocycles. The van der Waals surface area contributed by atoms with Gasteiger partial charge in [0, 0.05) is 22.7 Å². The first-order valence-electron chi connectivity index (χ1n) is 16.8. The molecule has 4 atom stereocenters. The van der Waals surface area contributed by atoms with Gasteiger partial charge in [-0.2, -0.15) is 18.2 Å². The Morgan fingerprint density at radius 2 is 1.60 bits per heavy atom. The highest BCUT2D eigenvalue weighted by molar-refractivity contribution is 6.33. The molecule has 1 saturated heterocycles. The van der Waals surface area contributed by atoms with Crippen LogP contribution < -0.4 is 21.5 Å². The molecule has 2 amide bonds. The summed E-state index contributed by atoms with van der Waals surface area (Å²) in [4.78, 5) is 61.8. The first-order chi connectivity index (χ1) is 26.9. The number of aromatic hydroxyl groups is 1. The van der Waals surface area contributed by atoms with Gasteiger partial charge in [-0.15, -0.1) is 13.2 Å². The van der Waals surface area contributed by atoms with E-state index in [1.807, 2.05) is 0 Å². The smallest absolute Gasteiger partial charge is 0.508 e. The molecular formula is C37H24Cl2F6N6O6. The number of imide groups is 1. The zero-order valence-electron chi connectivity index (χ0n) is 28.6. The van der Waals surface area contributed by atoms with Crippen molar-refractivity contribution < 1.29 is 45.8 Å². The third kappa shape index (κ3) is 6.05. The average Bonchev–Trinajstić information content (AvgIpc) is 3.53. The zero-order valence-corrected chi connectivity index (χ0v) is 30.1. The van der Waals surface area contributed by atoms with Crippen molar-refractivity contribution in [2.75, 3.05) is 5.43 Å². The molecule has 0 unspecified atom stereocenters. The van der Waals surface area contributed by atoms with Crippen LogP contribution in [0.3, 0.4) is 0 Å². The van der Waals surface area contributed by atoms with Gasteiger partial charge in [-0.05, 0) is 66.1 Å². The van der Waals surface area contributed by atoms with Crippen molar-refractivity contribution in [3.63, 3.8) is 0 Å². The Hall–Kier alpha value is -6.01. The van der Waals surface area contributed by atoms with Crippen molar-refractivity contribution in [2.24, 2.45) is 5.92 Å². The number of ether oxygens (including phenoxy) is 1. The van der Waals surface area contributed by atoms with Crippen LogP contribution in [0.5, 0.6) is 11.5 Å². The Morgan fingerprint density at radius 3 is 2.25 bits per heavy atom. The number of hydrogen-bond acceptors (Lipinski definition) is 8. The lowest BCUT2D eigenvalue weighted by Crippen LogP contribution is -2.53. The van der Waals surface area contributed by atoms with Crippen LogP contribution in [0.15, 0.2) is 106 Å². The van der Waals surface area contributed by atoms with E-state index in [2.05, 4.69) is 15.1 Å². The normalized spacial score (nSPS) is 21.8. The molecule has 0 radical (unpaired) electrons. The molecule has 0 spiro atoms. The number of hydrogen-bond donors (Lipinski definition) is 2. The summed E-state index contributed by atoms with van der Waals surface area (Å²) in [5.41, 5.74) is -2.41. The van der Waals surface area contributed by atoms with E-state index in [1.54, 1.807) is 18.2 Å². The molecule has 2 N–H and O–H groups in total. The monoisotopic (exact) mass is 832 g/mol. The highest BCUT2D eigenvalue weighted by Crippen LogP contribution is 2.63. The van der Waals surface area contributed by atoms with Crippen LogP contribution in [0.4, 0.5) is 32.2 Å². The molecule has 12 nitrogen and oxygen atoms in total. The average molecular weight is 834 g/mol. The van der Waals surface area contributed by atoms with Gasteiger partial charge >= 0.3 is 23.9 Å². The highest BCUT2D eigenvalue weighted by Gasteiger charge is 2.69. The van der Waals surface area contributed by atoms with E-state index < -0.39 is 86.9 Å². The number of amides is 2. The van der Waals surface area contributed by atoms with Crippen LogP contribution in [-0.4, -0.2) is 47.2 Å². The zero-order chi connectivity index (χ0) is 40.8. The van der Waals surface area contributed by atoms with Gasteiger partial charge in [-0.3, -0.25) is 15.0 Å². The lowest BCUT2D eigenvalue weighted by atomic mass is 9.53. The quantitative estimate of drug-likeness (QED) is 0.109. The largest absolute Gasteiger partial charge is 0.573 e. The Labute approximate surface area is 325 Å². The summed E-state index contributed by atoms with van der Waals surface area (Å²) in [6, 6.07) is 15.4. The summed E-state index contributed by atoms with van der Waals surface area (Å²) in [6.45, 7) is -0.285. The number of allylic oxidation sites excluding steroid dienone is 2. The number of anilines is 1. The first-order valence-corrected chi connectivity index (χ1v) is 17.6. The number of nitrogens with one attached hydrogen (secondary N) is 1. The minimum absolute atomic E-state index is 0.0917. The number of alkyl halides is 6. The molecule has 8 rings (SSSR count). The van der Waals surface area contributed by atoms with Crippen molar-refractivity contribution in [3.05, 3.63) is 144 Å². The second-order valence-electron chi connectivity index (χ2n) is 13.4. The minimum Gasteiger partial charge on any atom is -0.508 e. The summed E-state index contributed by atoms with van der Waals surface area (Å²) in [7, 11) is 0. The maximum Gasteiger partial charge on any atom is 0.573 e. The molecule has 3 aliphatic rings. The number of para-hydroxylation sites is 1. The third-order valence-electron chi connectivity index (χ3n) is 10.4. The Morgan fingerprint density at radius 1 is 0.895 bits per heavy atom. The molecule has 57 heavy (non-hydrogen) atoms. The van der Waals surface area contributed by atoms with E-state index in [0.717, 1.165) is 32.1 Å². The van der Waals surface area contributed by atoms with E-state index in [-0.39, 0.29) is 40.4 Å².